The van der Waals surface area contributed by atoms with Crippen LogP contribution in [0, 0.1) is 0 Å². The zero-order valence-electron chi connectivity index (χ0n) is 5.17. The van der Waals surface area contributed by atoms with E-state index in [1.807, 2.05) is 0 Å². The first-order valence-corrected chi connectivity index (χ1v) is 2.64. The van der Waals surface area contributed by atoms with Crippen molar-refractivity contribution in [2.24, 2.45) is 0 Å². The van der Waals surface area contributed by atoms with Gasteiger partial charge in [0.15, 0.2) is 0 Å². The van der Waals surface area contributed by atoms with Crippen molar-refractivity contribution in [1.82, 2.24) is 0 Å². The Balaban J connectivity index is 0. The van der Waals surface area contributed by atoms with Crippen LogP contribution in [0.5, 0.6) is 0 Å². The van der Waals surface area contributed by atoms with Gasteiger partial charge in [0, 0.05) is 0 Å². The Labute approximate surface area is 57.5 Å². The van der Waals surface area contributed by atoms with Gasteiger partial charge in [-0.15, -0.1) is 0 Å². The summed E-state index contributed by atoms with van der Waals surface area (Å²) in [5, 5.41) is 0. The number of carbonyl (C=O) groups excluding carboxylic acids is 2. The fraction of sp³-hybridized carbons (Fsp3) is 0.600. The maximum atomic E-state index is 9.44. The number of hydrogen-bond donors (Lipinski definition) is 0. The summed E-state index contributed by atoms with van der Waals surface area (Å²) in [5.41, 5.74) is 0. The number of Topliss-reactive ketones (excluding diaryl/α,β-unsaturated/α-hetero) is 1. The molecule has 0 bridgehead atoms. The second-order valence-corrected chi connectivity index (χ2v) is 2.14. The van der Waals surface area contributed by atoms with Gasteiger partial charge in [-0.1, -0.05) is 0 Å². The third kappa shape index (κ3) is 7010. The first kappa shape index (κ1) is 10.8. The molecule has 0 atom stereocenters. The predicted molar refractivity (Wildman–Crippen MR) is 27.0 cm³/mol. The maximum absolute atomic E-state index is 9.44. The molecule has 0 amide bonds. The number of ketones is 1. The Morgan fingerprint density at radius 1 is 1.12 bits per heavy atom. The molecule has 49 valence electrons. The Kier molecular flexibility index (Phi) is 9.24. The molecule has 2 nitrogen and oxygen atoms in total. The SMILES string of the molecule is CC(C)=O.C[C](=O)[Fe]. The van der Waals surface area contributed by atoms with Gasteiger partial charge in [-0.2, -0.15) is 0 Å². The minimum atomic E-state index is -0.0833. The summed E-state index contributed by atoms with van der Waals surface area (Å²) in [7, 11) is 0. The monoisotopic (exact) mass is 157 g/mol. The van der Waals surface area contributed by atoms with E-state index in [9.17, 15) is 9.59 Å². The third-order valence-corrected chi connectivity index (χ3v) is 0. The van der Waals surface area contributed by atoms with Crippen molar-refractivity contribution in [2.75, 3.05) is 0 Å². The molecule has 0 rings (SSSR count). The van der Waals surface area contributed by atoms with Crippen molar-refractivity contribution in [2.45, 2.75) is 20.8 Å². The fourth-order valence-electron chi connectivity index (χ4n) is 0. The van der Waals surface area contributed by atoms with Crippen LogP contribution in [0.2, 0.25) is 0 Å². The molecule has 0 saturated carbocycles. The molecule has 0 N–H and O–H groups in total. The molecule has 0 aliphatic carbocycles. The van der Waals surface area contributed by atoms with E-state index in [0.717, 1.165) is 0 Å². The van der Waals surface area contributed by atoms with E-state index in [4.69, 9.17) is 0 Å². The summed E-state index contributed by atoms with van der Waals surface area (Å²) >= 11 is 3.00. The third-order valence-electron chi connectivity index (χ3n) is 0. The molecule has 0 heterocycles. The summed E-state index contributed by atoms with van der Waals surface area (Å²) < 4.78 is -0.0833. The van der Waals surface area contributed by atoms with Crippen molar-refractivity contribution in [3.05, 3.63) is 0 Å². The van der Waals surface area contributed by atoms with Crippen LogP contribution in [0.25, 0.3) is 0 Å². The summed E-state index contributed by atoms with van der Waals surface area (Å²) in [5.74, 6) is 0.167. The molecule has 0 aromatic rings. The minimum absolute atomic E-state index is 0.0833. The molecule has 8 heavy (non-hydrogen) atoms. The average Bonchev–Trinajstić information content (AvgIpc) is 1.25. The van der Waals surface area contributed by atoms with Crippen LogP contribution in [0.3, 0.4) is 0 Å². The van der Waals surface area contributed by atoms with Crippen molar-refractivity contribution in [1.29, 1.82) is 0 Å². The zero-order chi connectivity index (χ0) is 7.15. The van der Waals surface area contributed by atoms with Gasteiger partial charge in [-0.3, -0.25) is 0 Å². The van der Waals surface area contributed by atoms with E-state index in [1.165, 1.54) is 20.8 Å². The molecular weight excluding hydrogens is 148 g/mol. The first-order chi connectivity index (χ1) is 3.46. The molecule has 3 heteroatoms. The summed E-state index contributed by atoms with van der Waals surface area (Å²) in [6.07, 6.45) is 0. The van der Waals surface area contributed by atoms with Crippen LogP contribution >= 0.6 is 0 Å². The number of hydrogen-bond acceptors (Lipinski definition) is 2. The van der Waals surface area contributed by atoms with E-state index in [-0.39, 0.29) is 10.5 Å². The van der Waals surface area contributed by atoms with Crippen LogP contribution in [0.15, 0.2) is 0 Å². The van der Waals surface area contributed by atoms with E-state index in [1.54, 1.807) is 0 Å². The van der Waals surface area contributed by atoms with Crippen molar-refractivity contribution >= 4 is 10.5 Å². The Morgan fingerprint density at radius 3 is 1.12 bits per heavy atom. The van der Waals surface area contributed by atoms with Crippen LogP contribution in [0.1, 0.15) is 20.8 Å². The van der Waals surface area contributed by atoms with Gasteiger partial charge in [0.25, 0.3) is 0 Å². The first-order valence-electron chi connectivity index (χ1n) is 2.09. The standard InChI is InChI=1S/C3H6O.C2H3O.Fe/c1-3(2)4;1-2-3;/h1-2H3;1H3;. The van der Waals surface area contributed by atoms with Crippen molar-refractivity contribution < 1.29 is 25.6 Å². The zero-order valence-corrected chi connectivity index (χ0v) is 6.27. The van der Waals surface area contributed by atoms with Crippen LogP contribution < -0.4 is 0 Å². The summed E-state index contributed by atoms with van der Waals surface area (Å²) in [6.45, 7) is 4.47. The number of rotatable bonds is 0. The molecule has 0 aliphatic rings. The van der Waals surface area contributed by atoms with Gasteiger partial charge in [0.1, 0.15) is 5.78 Å². The van der Waals surface area contributed by atoms with E-state index < -0.39 is 0 Å². The van der Waals surface area contributed by atoms with Crippen LogP contribution in [0.4, 0.5) is 0 Å². The Morgan fingerprint density at radius 2 is 1.12 bits per heavy atom. The van der Waals surface area contributed by atoms with Gasteiger partial charge >= 0.3 is 32.4 Å². The van der Waals surface area contributed by atoms with E-state index >= 15 is 0 Å². The quantitative estimate of drug-likeness (QED) is 0.484. The molecule has 0 saturated heterocycles. The van der Waals surface area contributed by atoms with Crippen LogP contribution in [-0.4, -0.2) is 10.5 Å². The molecule has 0 radical (unpaired) electrons. The fourth-order valence-corrected chi connectivity index (χ4v) is 0. The average molecular weight is 157 g/mol. The van der Waals surface area contributed by atoms with Gasteiger partial charge in [0.05, 0.1) is 0 Å². The Bertz CT molecular complexity index is 68.4. The molecule has 0 aromatic carbocycles. The molecule has 0 spiro atoms. The van der Waals surface area contributed by atoms with Gasteiger partial charge in [0.2, 0.25) is 0 Å². The summed E-state index contributed by atoms with van der Waals surface area (Å²) in [6, 6.07) is 0. The second-order valence-electron chi connectivity index (χ2n) is 1.36. The van der Waals surface area contributed by atoms with Gasteiger partial charge < -0.3 is 4.79 Å². The molecule has 0 unspecified atom stereocenters. The topological polar surface area (TPSA) is 34.1 Å². The Hall–Kier alpha value is -0.141. The van der Waals surface area contributed by atoms with E-state index in [2.05, 4.69) is 16.0 Å². The second kappa shape index (κ2) is 6.86. The summed E-state index contributed by atoms with van der Waals surface area (Å²) in [4.78, 5) is 18.8. The van der Waals surface area contributed by atoms with E-state index in [0.29, 0.717) is 0 Å². The van der Waals surface area contributed by atoms with Gasteiger partial charge in [-0.05, 0) is 13.8 Å². The molecule has 0 aliphatic heterocycles. The predicted octanol–water partition coefficient (Wildman–Crippen LogP) is 0.675. The normalized spacial score (nSPS) is 6.50. The van der Waals surface area contributed by atoms with Gasteiger partial charge in [-0.25, -0.2) is 0 Å². The van der Waals surface area contributed by atoms with Crippen molar-refractivity contribution in [3.8, 4) is 0 Å². The van der Waals surface area contributed by atoms with Crippen LogP contribution in [-0.2, 0) is 25.6 Å². The molecule has 0 aromatic heterocycles. The number of carbonyl (C=O) groups is 2. The molecule has 0 fully saturated rings. The molecular formula is C5H9FeO2. The van der Waals surface area contributed by atoms with Crippen molar-refractivity contribution in [3.63, 3.8) is 0 Å².